The van der Waals surface area contributed by atoms with Gasteiger partial charge in [0.1, 0.15) is 171 Å². The van der Waals surface area contributed by atoms with Gasteiger partial charge in [-0.3, -0.25) is 14.4 Å². The highest BCUT2D eigenvalue weighted by Gasteiger charge is 2.60. The maximum absolute atomic E-state index is 12.2. The van der Waals surface area contributed by atoms with Gasteiger partial charge in [-0.1, -0.05) is 0 Å². The molecule has 21 aliphatic rings. The first-order chi connectivity index (χ1) is 39.2. The monoisotopic (exact) mass is 1220 g/mol. The van der Waals surface area contributed by atoms with E-state index in [2.05, 4.69) is 0 Å². The van der Waals surface area contributed by atoms with Crippen LogP contribution < -0.4 is 0 Å². The summed E-state index contributed by atoms with van der Waals surface area (Å²) in [6.07, 6.45) is -78.7. The Bertz CT molecular complexity index is 2110. The first-order valence-electron chi connectivity index (χ1n) is 26.0. The Kier molecular flexibility index (Phi) is 22.0. The lowest BCUT2D eigenvalue weighted by Crippen LogP contribution is -2.68. The molecule has 21 saturated heterocycles. The zero-order valence-electron chi connectivity index (χ0n) is 43.0. The number of aliphatic carboxylic acids is 3. The second-order valence-corrected chi connectivity index (χ2v) is 20.9. The molecule has 0 amide bonds. The number of aliphatic hydroxyl groups is 18. The Morgan fingerprint density at radius 1 is 0.217 bits per heavy atom. The molecule has 35 atom stereocenters. The number of carboxylic acids is 3. The largest absolute Gasteiger partial charge is 0.481 e. The van der Waals surface area contributed by atoms with Crippen LogP contribution in [0.15, 0.2) is 0 Å². The summed E-state index contributed by atoms with van der Waals surface area (Å²) in [7, 11) is 0. The van der Waals surface area contributed by atoms with Crippen LogP contribution in [0.2, 0.25) is 0 Å². The predicted octanol–water partition coefficient (Wildman–Crippen LogP) is -13.8. The van der Waals surface area contributed by atoms with Crippen LogP contribution in [0.4, 0.5) is 0 Å². The van der Waals surface area contributed by atoms with E-state index in [1.54, 1.807) is 0 Å². The van der Waals surface area contributed by atoms with Crippen LogP contribution in [0.1, 0.15) is 19.3 Å². The van der Waals surface area contributed by atoms with Gasteiger partial charge < -0.3 is 174 Å². The Morgan fingerprint density at radius 2 is 0.349 bits per heavy atom. The normalized spacial score (nSPS) is 52.0. The number of rotatable bonds is 10. The van der Waals surface area contributed by atoms with Crippen LogP contribution in [0.3, 0.4) is 0 Å². The molecule has 21 heterocycles. The molecule has 38 heteroatoms. The van der Waals surface area contributed by atoms with Gasteiger partial charge in [0.15, 0.2) is 44.0 Å². The molecule has 0 radical (unpaired) electrons. The van der Waals surface area contributed by atoms with Crippen LogP contribution in [-0.2, 0) is 80.7 Å². The molecule has 0 aromatic rings. The molecule has 21 rings (SSSR count). The van der Waals surface area contributed by atoms with E-state index in [-0.39, 0.29) is 0 Å². The summed E-state index contributed by atoms with van der Waals surface area (Å²) >= 11 is 0. The third kappa shape index (κ3) is 13.7. The maximum atomic E-state index is 12.2. The van der Waals surface area contributed by atoms with E-state index < -0.39 is 279 Å². The number of ether oxygens (including phenoxy) is 14. The third-order valence-corrected chi connectivity index (χ3v) is 15.4. The van der Waals surface area contributed by atoms with Crippen molar-refractivity contribution in [3.8, 4) is 0 Å². The topological polar surface area (TPSA) is 605 Å². The summed E-state index contributed by atoms with van der Waals surface area (Å²) < 4.78 is 79.4. The third-order valence-electron chi connectivity index (χ3n) is 15.4. The summed E-state index contributed by atoms with van der Waals surface area (Å²) in [6.45, 7) is -4.45. The van der Waals surface area contributed by atoms with Gasteiger partial charge in [0.25, 0.3) is 0 Å². The predicted molar refractivity (Wildman–Crippen MR) is 244 cm³/mol. The zero-order chi connectivity index (χ0) is 60.8. The zero-order valence-corrected chi connectivity index (χ0v) is 43.0. The fourth-order valence-electron chi connectivity index (χ4n) is 11.0. The highest BCUT2D eigenvalue weighted by Crippen LogP contribution is 2.40. The van der Waals surface area contributed by atoms with Crippen LogP contribution in [0.25, 0.3) is 0 Å². The Hall–Kier alpha value is -2.87. The summed E-state index contributed by atoms with van der Waals surface area (Å²) in [5.74, 6) is -5.04. The van der Waals surface area contributed by atoms with Crippen molar-refractivity contribution in [1.82, 2.24) is 0 Å². The lowest BCUT2D eigenvalue weighted by Gasteiger charge is -2.50. The van der Waals surface area contributed by atoms with Crippen molar-refractivity contribution in [2.75, 3.05) is 26.4 Å². The second kappa shape index (κ2) is 27.7. The number of aliphatic hydroxyl groups excluding tert-OH is 18. The minimum Gasteiger partial charge on any atom is -0.481 e. The number of carboxylic acid groups (broad SMARTS) is 3. The maximum Gasteiger partial charge on any atom is 0.306 e. The van der Waals surface area contributed by atoms with E-state index in [4.69, 9.17) is 66.3 Å². The molecule has 0 saturated carbocycles. The van der Waals surface area contributed by atoms with Crippen molar-refractivity contribution >= 4 is 17.9 Å². The minimum atomic E-state index is -2.42. The van der Waals surface area contributed by atoms with Gasteiger partial charge in [0, 0.05) is 0 Å². The average Bonchev–Trinajstić information content (AvgIpc) is 3.60. The van der Waals surface area contributed by atoms with Gasteiger partial charge >= 0.3 is 17.9 Å². The summed E-state index contributed by atoms with van der Waals surface area (Å²) in [6, 6.07) is 0. The van der Waals surface area contributed by atoms with Gasteiger partial charge in [0.05, 0.1) is 45.7 Å². The first-order valence-corrected chi connectivity index (χ1v) is 26.0. The van der Waals surface area contributed by atoms with Crippen LogP contribution in [0.5, 0.6) is 0 Å². The van der Waals surface area contributed by atoms with E-state index in [1.807, 2.05) is 0 Å². The average molecular weight is 1220 g/mol. The molecule has 0 aromatic heterocycles. The molecule has 478 valence electrons. The molecular formula is C45H70O38. The van der Waals surface area contributed by atoms with Crippen molar-refractivity contribution in [3.05, 3.63) is 0 Å². The molecule has 21 N–H and O–H groups in total. The highest BCUT2D eigenvalue weighted by atomic mass is 16.8. The Balaban J connectivity index is 1.12. The molecule has 0 aromatic carbocycles. The van der Waals surface area contributed by atoms with Crippen LogP contribution in [0, 0.1) is 0 Å². The van der Waals surface area contributed by atoms with Crippen molar-refractivity contribution in [1.29, 1.82) is 0 Å². The van der Waals surface area contributed by atoms with E-state index in [0.29, 0.717) is 0 Å². The van der Waals surface area contributed by atoms with E-state index in [1.165, 1.54) is 0 Å². The van der Waals surface area contributed by atoms with Crippen LogP contribution >= 0.6 is 0 Å². The molecule has 0 aliphatic carbocycles. The first kappa shape index (κ1) is 66.1. The summed E-state index contributed by atoms with van der Waals surface area (Å²) in [5, 5.41) is 230. The molecule has 14 bridgehead atoms. The number of hydrogen-bond acceptors (Lipinski definition) is 35. The van der Waals surface area contributed by atoms with Gasteiger partial charge in [-0.2, -0.15) is 0 Å². The fourth-order valence-corrected chi connectivity index (χ4v) is 11.0. The van der Waals surface area contributed by atoms with E-state index in [9.17, 15) is 122 Å². The van der Waals surface area contributed by atoms with Crippen molar-refractivity contribution in [2.45, 2.75) is 234 Å². The summed E-state index contributed by atoms with van der Waals surface area (Å²) in [5.41, 5.74) is 0. The van der Waals surface area contributed by atoms with E-state index in [0.717, 1.165) is 0 Å². The van der Waals surface area contributed by atoms with Gasteiger partial charge in [-0.25, -0.2) is 0 Å². The van der Waals surface area contributed by atoms with Crippen LogP contribution in [-0.4, -0.2) is 367 Å². The lowest BCUT2D eigenvalue weighted by atomic mass is 9.93. The molecule has 21 fully saturated rings. The molecule has 0 unspecified atom stereocenters. The number of carbonyl (C=O) groups is 3. The summed E-state index contributed by atoms with van der Waals surface area (Å²) in [4.78, 5) is 36.6. The molecule has 83 heavy (non-hydrogen) atoms. The highest BCUT2D eigenvalue weighted by molar-refractivity contribution is 5.68. The van der Waals surface area contributed by atoms with Crippen molar-refractivity contribution in [2.24, 2.45) is 0 Å². The van der Waals surface area contributed by atoms with Gasteiger partial charge in [-0.15, -0.1) is 0 Å². The van der Waals surface area contributed by atoms with Crippen molar-refractivity contribution < 1.29 is 188 Å². The Morgan fingerprint density at radius 3 is 0.482 bits per heavy atom. The van der Waals surface area contributed by atoms with Gasteiger partial charge in [0.2, 0.25) is 0 Å². The van der Waals surface area contributed by atoms with E-state index >= 15 is 0 Å². The second-order valence-electron chi connectivity index (χ2n) is 20.9. The Labute approximate surface area is 466 Å². The quantitative estimate of drug-likeness (QED) is 0.0966. The fraction of sp³-hybridized carbons (Fsp3) is 0.933. The standard InChI is InChI=1S/C45H70O38/c46-4-11-35-22(60)29(67)43(74-11)82-37-13(6-48)76-45(31(69)24(37)62)83-38-14(7-49)75-44(30(68)23(38)61)81-36-12(5-47)73-42(28(66)21(36)59)79-34-10(3-17(54)55)71-40(26(64)19(34)57)77-32-8(1-15(50)51)70-39(25(63)18(32)56)78-33-9(2-16(52)53)72-41(80-35)27(65)20(33)58/h8-14,18-49,56-69H,1-7H2,(H,50,51)(H,52,53)(H,54,55)/t8-,9-,10+,11-,12+,13-,14+,18-,19-,20+,21-,22+,23-,24-,25-,26-,27+,28-,29+,30-,31-,32-,33-,34-,35-,36-,37-,38-,39-,40-,41-,42-,43-,44-,45-/m1/s1. The lowest BCUT2D eigenvalue weighted by molar-refractivity contribution is -0.396. The molecule has 0 spiro atoms. The van der Waals surface area contributed by atoms with Gasteiger partial charge in [-0.05, 0) is 0 Å². The molecule has 38 nitrogen and oxygen atoms in total. The minimum absolute atomic E-state index is 1.10. The molecule has 21 aliphatic heterocycles. The van der Waals surface area contributed by atoms with Crippen molar-refractivity contribution in [3.63, 3.8) is 0 Å². The number of hydrogen-bond donors (Lipinski definition) is 21. The smallest absolute Gasteiger partial charge is 0.306 e. The molecular weight excluding hydrogens is 1150 g/mol. The SMILES string of the molecule is O=C(O)C[C@@H]1O[C@@H]2O[C@H]3[C@H](O)[C@@H](O)[C@@H](O[C@H]4[C@@H](O)[C@H](O)[C@@H](O[C@H]5[C@@H](O)[C@H](O)[C@@H](O[C@H]6[C@H](O)[C@@H](O)[C@@H](O[C@H]7[C@H](O)[C@@H](O)[C@@H](O[C@H]8[C@H](O)[C@@H](O)[C@@H](O[C@H]1[C@H](O)[C@H]2O)O[C@H]8CO)O[C@H]7CO)O[C@@H]6CO)O[C@@H]5CO)O[C@@H]4CC(=O)O)O[C@@H]3CC(=O)O.